The lowest BCUT2D eigenvalue weighted by molar-refractivity contribution is 0.589. The van der Waals surface area contributed by atoms with Gasteiger partial charge in [0.2, 0.25) is 0 Å². The summed E-state index contributed by atoms with van der Waals surface area (Å²) in [5.41, 5.74) is 3.86. The van der Waals surface area contributed by atoms with Crippen molar-refractivity contribution in [2.75, 3.05) is 17.4 Å². The molecule has 1 aliphatic heterocycles. The molecule has 0 amide bonds. The first kappa shape index (κ1) is 15.1. The summed E-state index contributed by atoms with van der Waals surface area (Å²) >= 11 is 0. The molecule has 0 aromatic heterocycles. The molecule has 116 valence electrons. The summed E-state index contributed by atoms with van der Waals surface area (Å²) < 4.78 is 27.6. The second-order valence-electron chi connectivity index (χ2n) is 5.63. The van der Waals surface area contributed by atoms with Crippen LogP contribution in [0.4, 0.5) is 5.69 Å². The maximum absolute atomic E-state index is 13.1. The first-order valence-corrected chi connectivity index (χ1v) is 8.83. The molecule has 0 aliphatic carbocycles. The number of benzene rings is 2. The van der Waals surface area contributed by atoms with Gasteiger partial charge in [0.15, 0.2) is 0 Å². The quantitative estimate of drug-likeness (QED) is 0.926. The van der Waals surface area contributed by atoms with Gasteiger partial charge in [-0.3, -0.25) is 4.31 Å². The third-order valence-corrected chi connectivity index (χ3v) is 5.94. The maximum Gasteiger partial charge on any atom is 0.264 e. The van der Waals surface area contributed by atoms with Crippen LogP contribution in [-0.2, 0) is 16.6 Å². The lowest BCUT2D eigenvalue weighted by Gasteiger charge is -2.24. The van der Waals surface area contributed by atoms with Gasteiger partial charge >= 0.3 is 0 Å². The average molecular weight is 316 g/mol. The molecule has 0 unspecified atom stereocenters. The highest BCUT2D eigenvalue weighted by atomic mass is 32.2. The Bertz CT molecular complexity index is 800. The van der Waals surface area contributed by atoms with Gasteiger partial charge in [0.05, 0.1) is 10.6 Å². The lowest BCUT2D eigenvalue weighted by atomic mass is 10.1. The van der Waals surface area contributed by atoms with Crippen molar-refractivity contribution in [2.24, 2.45) is 0 Å². The topological polar surface area (TPSA) is 49.4 Å². The Hall–Kier alpha value is -1.85. The fraction of sp³-hybridized carbons (Fsp3) is 0.294. The van der Waals surface area contributed by atoms with Gasteiger partial charge in [-0.25, -0.2) is 8.42 Å². The summed E-state index contributed by atoms with van der Waals surface area (Å²) in [4.78, 5) is 0.354. The molecule has 5 heteroatoms. The molecule has 2 aromatic rings. The smallest absolute Gasteiger partial charge is 0.264 e. The minimum absolute atomic E-state index is 0.354. The predicted molar refractivity (Wildman–Crippen MR) is 88.6 cm³/mol. The molecule has 0 fully saturated rings. The Kier molecular flexibility index (Phi) is 3.93. The highest BCUT2D eigenvalue weighted by Crippen LogP contribution is 2.28. The summed E-state index contributed by atoms with van der Waals surface area (Å²) in [6.07, 6.45) is 0. The molecule has 3 rings (SSSR count). The second-order valence-corrected chi connectivity index (χ2v) is 7.49. The van der Waals surface area contributed by atoms with Crippen molar-refractivity contribution in [2.45, 2.75) is 25.3 Å². The van der Waals surface area contributed by atoms with Crippen LogP contribution in [0.15, 0.2) is 47.4 Å². The van der Waals surface area contributed by atoms with Crippen LogP contribution in [0.2, 0.25) is 0 Å². The zero-order valence-electron chi connectivity index (χ0n) is 12.8. The standard InChI is InChI=1S/C17H20N2O2S/c1-13-7-8-16(11-14(13)2)22(20,21)19-10-9-18-12-15-5-3-4-6-17(15)19/h3-8,11,18H,9-10,12H2,1-2H3. The van der Waals surface area contributed by atoms with Crippen molar-refractivity contribution in [3.63, 3.8) is 0 Å². The third kappa shape index (κ3) is 2.62. The molecule has 4 nitrogen and oxygen atoms in total. The van der Waals surface area contributed by atoms with Crippen LogP contribution in [0, 0.1) is 13.8 Å². The largest absolute Gasteiger partial charge is 0.311 e. The van der Waals surface area contributed by atoms with Gasteiger partial charge in [0.1, 0.15) is 0 Å². The molecule has 0 saturated heterocycles. The number of para-hydroxylation sites is 1. The fourth-order valence-corrected chi connectivity index (χ4v) is 4.27. The molecule has 2 aromatic carbocycles. The Balaban J connectivity index is 2.10. The number of hydrogen-bond acceptors (Lipinski definition) is 3. The van der Waals surface area contributed by atoms with Crippen LogP contribution in [-0.4, -0.2) is 21.5 Å². The molecule has 1 N–H and O–H groups in total. The van der Waals surface area contributed by atoms with Crippen LogP contribution in [0.3, 0.4) is 0 Å². The van der Waals surface area contributed by atoms with Crippen LogP contribution in [0.1, 0.15) is 16.7 Å². The SMILES string of the molecule is Cc1ccc(S(=O)(=O)N2CCNCc3ccccc32)cc1C. The number of hydrogen-bond donors (Lipinski definition) is 1. The van der Waals surface area contributed by atoms with Crippen LogP contribution in [0.5, 0.6) is 0 Å². The molecule has 0 saturated carbocycles. The van der Waals surface area contributed by atoms with E-state index in [4.69, 9.17) is 0 Å². The van der Waals surface area contributed by atoms with Crippen molar-refractivity contribution < 1.29 is 8.42 Å². The average Bonchev–Trinajstić information content (AvgIpc) is 2.72. The number of nitrogens with one attached hydrogen (secondary N) is 1. The van der Waals surface area contributed by atoms with Gasteiger partial charge in [0.25, 0.3) is 10.0 Å². The number of aryl methyl sites for hydroxylation is 2. The third-order valence-electron chi connectivity index (χ3n) is 4.13. The van der Waals surface area contributed by atoms with E-state index in [1.54, 1.807) is 12.1 Å². The van der Waals surface area contributed by atoms with Crippen LogP contribution in [0.25, 0.3) is 0 Å². The lowest BCUT2D eigenvalue weighted by Crippen LogP contribution is -2.34. The first-order valence-electron chi connectivity index (χ1n) is 7.39. The van der Waals surface area contributed by atoms with Gasteiger partial charge in [-0.2, -0.15) is 0 Å². The van der Waals surface area contributed by atoms with Crippen molar-refractivity contribution in [3.8, 4) is 0 Å². The first-order chi connectivity index (χ1) is 10.5. The molecule has 0 spiro atoms. The van der Waals surface area contributed by atoms with Gasteiger partial charge in [-0.05, 0) is 48.7 Å². The number of rotatable bonds is 2. The Morgan fingerprint density at radius 2 is 1.82 bits per heavy atom. The zero-order chi connectivity index (χ0) is 15.7. The van der Waals surface area contributed by atoms with Crippen molar-refractivity contribution in [3.05, 3.63) is 59.2 Å². The minimum Gasteiger partial charge on any atom is -0.311 e. The molecule has 0 atom stereocenters. The summed E-state index contributed by atoms with van der Waals surface area (Å²) in [7, 11) is -3.54. The van der Waals surface area contributed by atoms with Gasteiger partial charge in [0, 0.05) is 19.6 Å². The molecule has 0 bridgehead atoms. The summed E-state index contributed by atoms with van der Waals surface area (Å²) in [6.45, 7) is 5.68. The number of sulfonamides is 1. The molecular weight excluding hydrogens is 296 g/mol. The van der Waals surface area contributed by atoms with E-state index < -0.39 is 10.0 Å². The van der Waals surface area contributed by atoms with E-state index in [-0.39, 0.29) is 0 Å². The second kappa shape index (κ2) is 5.74. The summed E-state index contributed by atoms with van der Waals surface area (Å²) in [6, 6.07) is 13.0. The molecule has 22 heavy (non-hydrogen) atoms. The number of fused-ring (bicyclic) bond motifs is 1. The molecule has 0 radical (unpaired) electrons. The molecule has 1 heterocycles. The van der Waals surface area contributed by atoms with E-state index in [1.165, 1.54) is 4.31 Å². The monoisotopic (exact) mass is 316 g/mol. The van der Waals surface area contributed by atoms with E-state index in [0.717, 1.165) is 22.4 Å². The van der Waals surface area contributed by atoms with Crippen LogP contribution >= 0.6 is 0 Å². The van der Waals surface area contributed by atoms with Crippen molar-refractivity contribution >= 4 is 15.7 Å². The van der Waals surface area contributed by atoms with E-state index in [0.29, 0.717) is 24.5 Å². The zero-order valence-corrected chi connectivity index (χ0v) is 13.7. The number of nitrogens with zero attached hydrogens (tertiary/aromatic N) is 1. The van der Waals surface area contributed by atoms with E-state index in [9.17, 15) is 8.42 Å². The van der Waals surface area contributed by atoms with Crippen molar-refractivity contribution in [1.29, 1.82) is 0 Å². The van der Waals surface area contributed by atoms with Crippen molar-refractivity contribution in [1.82, 2.24) is 5.32 Å². The summed E-state index contributed by atoms with van der Waals surface area (Å²) in [5, 5.41) is 3.27. The predicted octanol–water partition coefficient (Wildman–Crippen LogP) is 2.60. The number of anilines is 1. The Labute approximate surface area is 131 Å². The highest BCUT2D eigenvalue weighted by Gasteiger charge is 2.27. The van der Waals surface area contributed by atoms with E-state index in [2.05, 4.69) is 5.32 Å². The van der Waals surface area contributed by atoms with E-state index in [1.807, 2.05) is 44.2 Å². The highest BCUT2D eigenvalue weighted by molar-refractivity contribution is 7.92. The Morgan fingerprint density at radius 1 is 1.05 bits per heavy atom. The van der Waals surface area contributed by atoms with Gasteiger partial charge in [-0.1, -0.05) is 24.3 Å². The normalized spacial score (nSPS) is 15.3. The van der Waals surface area contributed by atoms with Gasteiger partial charge in [-0.15, -0.1) is 0 Å². The summed E-state index contributed by atoms with van der Waals surface area (Å²) in [5.74, 6) is 0. The van der Waals surface area contributed by atoms with Crippen LogP contribution < -0.4 is 9.62 Å². The Morgan fingerprint density at radius 3 is 2.59 bits per heavy atom. The maximum atomic E-state index is 13.1. The molecule has 1 aliphatic rings. The minimum atomic E-state index is -3.54. The molecular formula is C17H20N2O2S. The van der Waals surface area contributed by atoms with E-state index >= 15 is 0 Å². The van der Waals surface area contributed by atoms with Gasteiger partial charge < -0.3 is 5.32 Å². The fourth-order valence-electron chi connectivity index (χ4n) is 2.68.